The molecule has 189 valence electrons. The number of aliphatic imine (C=N–C) groups is 1. The first-order chi connectivity index (χ1) is 17.0. The van der Waals surface area contributed by atoms with Crippen molar-refractivity contribution in [3.05, 3.63) is 30.0 Å². The summed E-state index contributed by atoms with van der Waals surface area (Å²) in [5.41, 5.74) is 1.74. The van der Waals surface area contributed by atoms with Crippen LogP contribution in [0.4, 0.5) is 0 Å². The summed E-state index contributed by atoms with van der Waals surface area (Å²) in [4.78, 5) is 31.7. The molecule has 3 heterocycles. The number of ketones is 1. The van der Waals surface area contributed by atoms with Crippen LogP contribution in [0.5, 0.6) is 11.5 Å². The van der Waals surface area contributed by atoms with Crippen LogP contribution in [-0.2, 0) is 9.59 Å². The average Bonchev–Trinajstić information content (AvgIpc) is 3.37. The zero-order chi connectivity index (χ0) is 24.6. The van der Waals surface area contributed by atoms with E-state index in [4.69, 9.17) is 9.47 Å². The first-order valence-electron chi connectivity index (χ1n) is 13.0. The fourth-order valence-corrected chi connectivity index (χ4v) is 4.80. The summed E-state index contributed by atoms with van der Waals surface area (Å²) in [6.07, 6.45) is 8.34. The van der Waals surface area contributed by atoms with Gasteiger partial charge < -0.3 is 19.7 Å². The van der Waals surface area contributed by atoms with Gasteiger partial charge in [0.1, 0.15) is 25.0 Å². The molecular weight excluding hydrogens is 444 g/mol. The lowest BCUT2D eigenvalue weighted by molar-refractivity contribution is -0.126. The fraction of sp³-hybridized carbons (Fsp3) is 0.593. The van der Waals surface area contributed by atoms with Gasteiger partial charge in [0.05, 0.1) is 5.56 Å². The number of fused-ring (bicyclic) bond motifs is 1. The smallest absolute Gasteiger partial charge is 0.319 e. The maximum absolute atomic E-state index is 13.1. The van der Waals surface area contributed by atoms with Gasteiger partial charge in [-0.3, -0.25) is 9.59 Å². The molecule has 0 spiro atoms. The van der Waals surface area contributed by atoms with E-state index in [0.717, 1.165) is 80.2 Å². The van der Waals surface area contributed by atoms with E-state index in [1.165, 1.54) is 0 Å². The summed E-state index contributed by atoms with van der Waals surface area (Å²) in [6.45, 7) is 4.85. The Morgan fingerprint density at radius 2 is 1.97 bits per heavy atom. The molecule has 3 aliphatic heterocycles. The summed E-state index contributed by atoms with van der Waals surface area (Å²) in [5, 5.41) is 6.72. The highest BCUT2D eigenvalue weighted by Gasteiger charge is 2.34. The molecule has 1 atom stereocenters. The molecule has 0 saturated carbocycles. The molecule has 1 fully saturated rings. The number of rotatable bonds is 11. The van der Waals surface area contributed by atoms with Gasteiger partial charge in [0, 0.05) is 18.8 Å². The molecule has 4 rings (SSSR count). The second kappa shape index (κ2) is 12.2. The molecule has 8 nitrogen and oxygen atoms in total. The molecule has 1 aromatic carbocycles. The predicted molar refractivity (Wildman–Crippen MR) is 136 cm³/mol. The van der Waals surface area contributed by atoms with Crippen LogP contribution in [0, 0.1) is 5.92 Å². The molecule has 0 unspecified atom stereocenters. The van der Waals surface area contributed by atoms with E-state index in [0.29, 0.717) is 31.8 Å². The van der Waals surface area contributed by atoms with Crippen molar-refractivity contribution in [1.29, 1.82) is 0 Å². The molecule has 0 aromatic heterocycles. The molecule has 2 N–H and O–H groups in total. The Morgan fingerprint density at radius 3 is 2.77 bits per heavy atom. The van der Waals surface area contributed by atoms with Crippen LogP contribution in [0.3, 0.4) is 0 Å². The number of likely N-dealkylation sites (tertiary alicyclic amines) is 1. The number of Topliss-reactive ketones (excluding diaryl/α,β-unsaturated/α-hetero) is 1. The Labute approximate surface area is 208 Å². The summed E-state index contributed by atoms with van der Waals surface area (Å²) in [5.74, 6) is 2.67. The SMILES string of the molecule is CCC(=O)CCCCC[C@H](NC(=O)C1CCN(C)CC1)C1=[N+]C=C(c2cccc3c2OCCO3)N1. The maximum atomic E-state index is 13.1. The fourth-order valence-electron chi connectivity index (χ4n) is 4.80. The molecule has 3 aliphatic rings. The number of benzene rings is 1. The molecule has 0 bridgehead atoms. The van der Waals surface area contributed by atoms with Crippen molar-refractivity contribution in [2.24, 2.45) is 5.92 Å². The summed E-state index contributed by atoms with van der Waals surface area (Å²) >= 11 is 0. The average molecular weight is 483 g/mol. The van der Waals surface area contributed by atoms with Crippen molar-refractivity contribution in [2.45, 2.75) is 64.3 Å². The van der Waals surface area contributed by atoms with Gasteiger partial charge in [-0.2, -0.15) is 0 Å². The number of piperidine rings is 1. The molecule has 35 heavy (non-hydrogen) atoms. The number of hydrogen-bond acceptors (Lipinski definition) is 7. The third-order valence-electron chi connectivity index (χ3n) is 7.03. The van der Waals surface area contributed by atoms with E-state index in [-0.39, 0.29) is 17.9 Å². The number of amides is 1. The van der Waals surface area contributed by atoms with Gasteiger partial charge in [-0.1, -0.05) is 25.8 Å². The highest BCUT2D eigenvalue weighted by molar-refractivity contribution is 6.00. The Bertz CT molecular complexity index is 966. The minimum absolute atomic E-state index is 0.0389. The van der Waals surface area contributed by atoms with Gasteiger partial charge in [0.2, 0.25) is 5.91 Å². The molecular formula is C27H38N4O4+. The van der Waals surface area contributed by atoms with Gasteiger partial charge in [-0.15, -0.1) is 0 Å². The second-order valence-corrected chi connectivity index (χ2v) is 9.64. The van der Waals surface area contributed by atoms with Crippen LogP contribution in [0.25, 0.3) is 5.70 Å². The normalized spacial score (nSPS) is 18.9. The van der Waals surface area contributed by atoms with Gasteiger partial charge in [-0.25, -0.2) is 5.32 Å². The summed E-state index contributed by atoms with van der Waals surface area (Å²) in [7, 11) is 2.10. The monoisotopic (exact) mass is 482 g/mol. The van der Waals surface area contributed by atoms with E-state index in [1.807, 2.05) is 25.1 Å². The number of amidine groups is 1. The third-order valence-corrected chi connectivity index (χ3v) is 7.03. The molecule has 1 radical (unpaired) electrons. The zero-order valence-corrected chi connectivity index (χ0v) is 21.0. The lowest BCUT2D eigenvalue weighted by atomic mass is 9.95. The van der Waals surface area contributed by atoms with Crippen LogP contribution in [0.1, 0.15) is 63.9 Å². The largest absolute Gasteiger partial charge is 0.486 e. The minimum atomic E-state index is -0.200. The van der Waals surface area contributed by atoms with Crippen molar-refractivity contribution in [3.8, 4) is 11.5 Å². The number of carbonyl (C=O) groups is 2. The Kier molecular flexibility index (Phi) is 8.79. The van der Waals surface area contributed by atoms with Crippen LogP contribution >= 0.6 is 0 Å². The van der Waals surface area contributed by atoms with E-state index in [9.17, 15) is 9.59 Å². The molecule has 1 aromatic rings. The van der Waals surface area contributed by atoms with E-state index < -0.39 is 0 Å². The number of unbranched alkanes of at least 4 members (excludes halogenated alkanes) is 2. The third kappa shape index (κ3) is 6.63. The van der Waals surface area contributed by atoms with Crippen LogP contribution in [0.2, 0.25) is 0 Å². The Balaban J connectivity index is 1.39. The minimum Gasteiger partial charge on any atom is -0.486 e. The molecule has 1 saturated heterocycles. The van der Waals surface area contributed by atoms with Crippen LogP contribution < -0.4 is 25.1 Å². The van der Waals surface area contributed by atoms with E-state index in [1.54, 1.807) is 6.20 Å². The van der Waals surface area contributed by atoms with E-state index in [2.05, 4.69) is 27.6 Å². The van der Waals surface area contributed by atoms with Crippen LogP contribution in [0.15, 0.2) is 24.4 Å². The van der Waals surface area contributed by atoms with Gasteiger partial charge in [-0.05, 0) is 62.9 Å². The van der Waals surface area contributed by atoms with Gasteiger partial charge in [0.15, 0.2) is 23.4 Å². The van der Waals surface area contributed by atoms with Gasteiger partial charge in [0.25, 0.3) is 0 Å². The number of nitrogens with one attached hydrogen (secondary N) is 2. The van der Waals surface area contributed by atoms with Crippen LogP contribution in [-0.4, -0.2) is 61.8 Å². The van der Waals surface area contributed by atoms with Crippen molar-refractivity contribution >= 4 is 23.2 Å². The Hall–Kier alpha value is -2.87. The quantitative estimate of drug-likeness (QED) is 0.471. The molecule has 8 heteroatoms. The van der Waals surface area contributed by atoms with E-state index >= 15 is 0 Å². The molecule has 1 amide bonds. The van der Waals surface area contributed by atoms with Gasteiger partial charge >= 0.3 is 5.84 Å². The van der Waals surface area contributed by atoms with Crippen molar-refractivity contribution in [2.75, 3.05) is 33.4 Å². The van der Waals surface area contributed by atoms with Crippen molar-refractivity contribution < 1.29 is 19.1 Å². The highest BCUT2D eigenvalue weighted by Crippen LogP contribution is 2.37. The number of carbonyl (C=O) groups excluding carboxylic acids is 2. The maximum Gasteiger partial charge on any atom is 0.319 e. The topological polar surface area (TPSA) is 94.0 Å². The van der Waals surface area contributed by atoms with Crippen molar-refractivity contribution in [1.82, 2.24) is 20.5 Å². The summed E-state index contributed by atoms with van der Waals surface area (Å²) < 4.78 is 11.6. The highest BCUT2D eigenvalue weighted by atomic mass is 16.6. The standard InChI is InChI=1S/C27H38N4O4/c1-3-20(32)8-5-4-6-10-22(30-27(33)19-12-14-31(2)15-13-19)26-28-18-23(29-26)21-9-7-11-24-25(21)35-17-16-34-24/h7,9,11,18-19,22,29H,3-6,8,10,12-17H2,1-2H3,(H,30,33)/q+1/t22-/m0/s1. The zero-order valence-electron chi connectivity index (χ0n) is 21.0. The lowest BCUT2D eigenvalue weighted by Crippen LogP contribution is -2.49. The predicted octanol–water partition coefficient (Wildman–Crippen LogP) is 2.85. The Morgan fingerprint density at radius 1 is 1.17 bits per heavy atom. The number of ether oxygens (including phenoxy) is 2. The number of para-hydroxylation sites is 1. The lowest BCUT2D eigenvalue weighted by Gasteiger charge is -2.29. The number of nitrogens with zero attached hydrogens (tertiary/aromatic N) is 2. The first-order valence-corrected chi connectivity index (χ1v) is 13.0. The van der Waals surface area contributed by atoms with Crippen molar-refractivity contribution in [3.63, 3.8) is 0 Å². The second-order valence-electron chi connectivity index (χ2n) is 9.64. The molecule has 0 aliphatic carbocycles. The first kappa shape index (κ1) is 25.2. The number of hydrogen-bond donors (Lipinski definition) is 2. The summed E-state index contributed by atoms with van der Waals surface area (Å²) in [6, 6.07) is 5.64.